The summed E-state index contributed by atoms with van der Waals surface area (Å²) >= 11 is 10.9. The lowest BCUT2D eigenvalue weighted by Gasteiger charge is -2.07. The number of rotatable bonds is 1. The van der Waals surface area contributed by atoms with Crippen molar-refractivity contribution in [2.24, 2.45) is 0 Å². The summed E-state index contributed by atoms with van der Waals surface area (Å²) in [6.45, 7) is 0. The molecule has 0 amide bonds. The molecule has 0 radical (unpaired) electrons. The first-order chi connectivity index (χ1) is 6.82. The maximum atomic E-state index is 12.2. The van der Waals surface area contributed by atoms with E-state index in [9.17, 15) is 13.2 Å². The standard InChI is InChI=1S/C9H4BrClF3I/c10-8(15)7(11)5-1-3-6(4-2-5)9(12,13)14/h1-4H/b8-7+. The van der Waals surface area contributed by atoms with Crippen molar-refractivity contribution < 1.29 is 13.2 Å². The molecular weight excluding hydrogens is 407 g/mol. The lowest BCUT2D eigenvalue weighted by Crippen LogP contribution is -2.04. The number of hydrogen-bond donors (Lipinski definition) is 0. The van der Waals surface area contributed by atoms with Crippen molar-refractivity contribution in [3.8, 4) is 0 Å². The van der Waals surface area contributed by atoms with Crippen LogP contribution in [0.5, 0.6) is 0 Å². The highest BCUT2D eigenvalue weighted by atomic mass is 127. The molecule has 0 N–H and O–H groups in total. The van der Waals surface area contributed by atoms with Crippen LogP contribution >= 0.6 is 50.1 Å². The van der Waals surface area contributed by atoms with Crippen molar-refractivity contribution in [1.29, 1.82) is 0 Å². The first-order valence-electron chi connectivity index (χ1n) is 3.71. The van der Waals surface area contributed by atoms with Crippen molar-refractivity contribution in [2.75, 3.05) is 0 Å². The molecule has 0 nitrogen and oxygen atoms in total. The molecule has 1 rings (SSSR count). The van der Waals surface area contributed by atoms with Crippen LogP contribution in [0.2, 0.25) is 0 Å². The first-order valence-corrected chi connectivity index (χ1v) is 5.95. The van der Waals surface area contributed by atoms with E-state index in [-0.39, 0.29) is 0 Å². The molecule has 6 heteroatoms. The van der Waals surface area contributed by atoms with E-state index >= 15 is 0 Å². The average molecular weight is 411 g/mol. The molecule has 15 heavy (non-hydrogen) atoms. The Kier molecular flexibility index (Phi) is 4.49. The molecule has 0 heterocycles. The Morgan fingerprint density at radius 2 is 1.67 bits per heavy atom. The van der Waals surface area contributed by atoms with E-state index in [2.05, 4.69) is 15.9 Å². The third-order valence-corrected chi connectivity index (χ3v) is 3.52. The molecule has 0 unspecified atom stereocenters. The highest BCUT2D eigenvalue weighted by molar-refractivity contribution is 14.1. The lowest BCUT2D eigenvalue weighted by atomic mass is 10.1. The number of benzene rings is 1. The summed E-state index contributed by atoms with van der Waals surface area (Å²) < 4.78 is 37.3. The quantitative estimate of drug-likeness (QED) is 0.543. The second-order valence-corrected chi connectivity index (χ2v) is 6.38. The Hall–Kier alpha value is 0.250. The Balaban J connectivity index is 3.07. The summed E-state index contributed by atoms with van der Waals surface area (Å²) in [5.74, 6) is 0. The first kappa shape index (κ1) is 13.3. The molecule has 0 aliphatic carbocycles. The topological polar surface area (TPSA) is 0 Å². The van der Waals surface area contributed by atoms with Gasteiger partial charge in [-0.15, -0.1) is 0 Å². The van der Waals surface area contributed by atoms with Gasteiger partial charge < -0.3 is 0 Å². The largest absolute Gasteiger partial charge is 0.416 e. The van der Waals surface area contributed by atoms with Crippen LogP contribution in [0.25, 0.3) is 5.03 Å². The fraction of sp³-hybridized carbons (Fsp3) is 0.111. The molecule has 0 atom stereocenters. The van der Waals surface area contributed by atoms with Crippen LogP contribution in [0, 0.1) is 0 Å². The Bertz CT molecular complexity index is 379. The summed E-state index contributed by atoms with van der Waals surface area (Å²) in [6.07, 6.45) is -4.31. The van der Waals surface area contributed by atoms with Gasteiger partial charge in [-0.1, -0.05) is 23.7 Å². The molecule has 82 valence electrons. The van der Waals surface area contributed by atoms with Gasteiger partial charge in [-0.2, -0.15) is 13.2 Å². The Labute approximate surface area is 112 Å². The maximum absolute atomic E-state index is 12.2. The van der Waals surface area contributed by atoms with E-state index < -0.39 is 11.7 Å². The molecular formula is C9H4BrClF3I. The van der Waals surface area contributed by atoms with Crippen molar-refractivity contribution in [2.45, 2.75) is 6.18 Å². The van der Waals surface area contributed by atoms with Crippen molar-refractivity contribution >= 4 is 55.2 Å². The number of halogens is 6. The summed E-state index contributed by atoms with van der Waals surface area (Å²) in [4.78, 5) is 0. The molecule has 0 spiro atoms. The van der Waals surface area contributed by atoms with Gasteiger partial charge in [0.25, 0.3) is 0 Å². The van der Waals surface area contributed by atoms with Crippen LogP contribution < -0.4 is 0 Å². The van der Waals surface area contributed by atoms with Crippen LogP contribution in [-0.4, -0.2) is 0 Å². The smallest absolute Gasteiger partial charge is 0.166 e. The van der Waals surface area contributed by atoms with E-state index in [1.165, 1.54) is 12.1 Å². The zero-order chi connectivity index (χ0) is 11.6. The normalized spacial score (nSPS) is 13.7. The lowest BCUT2D eigenvalue weighted by molar-refractivity contribution is -0.137. The van der Waals surface area contributed by atoms with Crippen LogP contribution in [-0.2, 0) is 6.18 Å². The van der Waals surface area contributed by atoms with Crippen LogP contribution in [0.15, 0.2) is 26.8 Å². The fourth-order valence-corrected chi connectivity index (χ4v) is 1.58. The molecule has 0 saturated heterocycles. The minimum Gasteiger partial charge on any atom is -0.166 e. The van der Waals surface area contributed by atoms with Gasteiger partial charge >= 0.3 is 6.18 Å². The van der Waals surface area contributed by atoms with Crippen molar-refractivity contribution in [3.63, 3.8) is 0 Å². The van der Waals surface area contributed by atoms with Gasteiger partial charge in [0.1, 0.15) is 0 Å². The monoisotopic (exact) mass is 410 g/mol. The van der Waals surface area contributed by atoms with Crippen LogP contribution in [0.4, 0.5) is 13.2 Å². The molecule has 0 bridgehead atoms. The third-order valence-electron chi connectivity index (χ3n) is 1.63. The minimum absolute atomic E-state index is 0.393. The van der Waals surface area contributed by atoms with Crippen molar-refractivity contribution in [1.82, 2.24) is 0 Å². The van der Waals surface area contributed by atoms with Crippen molar-refractivity contribution in [3.05, 3.63) is 37.9 Å². The van der Waals surface area contributed by atoms with Gasteiger partial charge in [0.05, 0.1) is 13.1 Å². The van der Waals surface area contributed by atoms with Gasteiger partial charge in [0, 0.05) is 0 Å². The summed E-state index contributed by atoms with van der Waals surface area (Å²) in [5, 5.41) is 0.393. The second kappa shape index (κ2) is 5.05. The van der Waals surface area contributed by atoms with E-state index in [1.54, 1.807) is 0 Å². The third kappa shape index (κ3) is 3.64. The predicted molar refractivity (Wildman–Crippen MR) is 67.2 cm³/mol. The maximum Gasteiger partial charge on any atom is 0.416 e. The minimum atomic E-state index is -4.31. The van der Waals surface area contributed by atoms with Crippen LogP contribution in [0.1, 0.15) is 11.1 Å². The van der Waals surface area contributed by atoms with Crippen LogP contribution in [0.3, 0.4) is 0 Å². The predicted octanol–water partition coefficient (Wildman–Crippen LogP) is 5.40. The Morgan fingerprint density at radius 3 is 2.00 bits per heavy atom. The number of hydrogen-bond acceptors (Lipinski definition) is 0. The summed E-state index contributed by atoms with van der Waals surface area (Å²) in [7, 11) is 0. The van der Waals surface area contributed by atoms with E-state index in [4.69, 9.17) is 11.6 Å². The molecule has 0 aliphatic heterocycles. The van der Waals surface area contributed by atoms with E-state index in [0.29, 0.717) is 13.1 Å². The molecule has 0 aromatic heterocycles. The van der Waals surface area contributed by atoms with Gasteiger partial charge in [0.2, 0.25) is 0 Å². The molecule has 0 aliphatic rings. The molecule has 0 saturated carbocycles. The molecule has 1 aromatic carbocycles. The van der Waals surface area contributed by atoms with Gasteiger partial charge in [-0.25, -0.2) is 0 Å². The van der Waals surface area contributed by atoms with Gasteiger partial charge in [-0.05, 0) is 56.2 Å². The molecule has 1 aromatic rings. The summed E-state index contributed by atoms with van der Waals surface area (Å²) in [6, 6.07) is 4.69. The highest BCUT2D eigenvalue weighted by Crippen LogP contribution is 2.33. The fourth-order valence-electron chi connectivity index (χ4n) is 0.915. The zero-order valence-corrected chi connectivity index (χ0v) is 11.6. The zero-order valence-electron chi connectivity index (χ0n) is 7.08. The Morgan fingerprint density at radius 1 is 1.20 bits per heavy atom. The van der Waals surface area contributed by atoms with E-state index in [1.807, 2.05) is 22.6 Å². The second-order valence-electron chi connectivity index (χ2n) is 2.65. The van der Waals surface area contributed by atoms with E-state index in [0.717, 1.165) is 12.1 Å². The molecule has 0 fully saturated rings. The SMILES string of the molecule is FC(F)(F)c1ccc(/C(Cl)=C(/Br)I)cc1. The van der Waals surface area contributed by atoms with Gasteiger partial charge in [-0.3, -0.25) is 0 Å². The van der Waals surface area contributed by atoms with Gasteiger partial charge in [0.15, 0.2) is 0 Å². The average Bonchev–Trinajstić information content (AvgIpc) is 2.15. The summed E-state index contributed by atoms with van der Waals surface area (Å²) in [5.41, 5.74) is -0.133. The number of alkyl halides is 3. The highest BCUT2D eigenvalue weighted by Gasteiger charge is 2.29.